The van der Waals surface area contributed by atoms with Crippen LogP contribution in [-0.4, -0.2) is 17.1 Å². The summed E-state index contributed by atoms with van der Waals surface area (Å²) < 4.78 is 12.6. The van der Waals surface area contributed by atoms with Crippen LogP contribution in [0.4, 0.5) is 4.39 Å². The van der Waals surface area contributed by atoms with Crippen LogP contribution in [0.25, 0.3) is 0 Å². The molecular formula is C12H10FN3O. The predicted octanol–water partition coefficient (Wildman–Crippen LogP) is 1.92. The first-order valence-corrected chi connectivity index (χ1v) is 4.98. The maximum atomic E-state index is 12.6. The van der Waals surface area contributed by atoms with Crippen molar-refractivity contribution in [2.45, 2.75) is 0 Å². The van der Waals surface area contributed by atoms with E-state index in [1.807, 2.05) is 12.1 Å². The first kappa shape index (κ1) is 11.1. The minimum Gasteiger partial charge on any atom is -0.360 e. The fourth-order valence-corrected chi connectivity index (χ4v) is 1.25. The van der Waals surface area contributed by atoms with Gasteiger partial charge in [-0.2, -0.15) is 5.10 Å². The van der Waals surface area contributed by atoms with E-state index in [1.165, 1.54) is 30.5 Å². The summed E-state index contributed by atoms with van der Waals surface area (Å²) in [5, 5.41) is 3.76. The number of benzene rings is 1. The van der Waals surface area contributed by atoms with Crippen LogP contribution in [0.3, 0.4) is 0 Å². The fourth-order valence-electron chi connectivity index (χ4n) is 1.25. The highest BCUT2D eigenvalue weighted by Gasteiger charge is 2.03. The van der Waals surface area contributed by atoms with E-state index in [4.69, 9.17) is 0 Å². The maximum absolute atomic E-state index is 12.6. The fraction of sp³-hybridized carbons (Fsp3) is 0. The van der Waals surface area contributed by atoms with Gasteiger partial charge in [0.05, 0.1) is 11.9 Å². The van der Waals surface area contributed by atoms with Crippen molar-refractivity contribution in [1.82, 2.24) is 10.4 Å². The van der Waals surface area contributed by atoms with Crippen molar-refractivity contribution in [2.24, 2.45) is 5.10 Å². The maximum Gasteiger partial charge on any atom is 0.271 e. The van der Waals surface area contributed by atoms with Gasteiger partial charge < -0.3 is 4.98 Å². The summed E-state index contributed by atoms with van der Waals surface area (Å²) in [6, 6.07) is 8.88. The van der Waals surface area contributed by atoms with Gasteiger partial charge in [-0.25, -0.2) is 9.82 Å². The molecule has 1 heterocycles. The summed E-state index contributed by atoms with van der Waals surface area (Å²) in [7, 11) is 0. The Labute approximate surface area is 97.2 Å². The Bertz CT molecular complexity index is 517. The van der Waals surface area contributed by atoms with Crippen LogP contribution in [-0.2, 0) is 0 Å². The number of carbonyl (C=O) groups is 1. The SMILES string of the molecule is O=C(NN=Cc1ccc[nH]1)c1ccc(F)cc1. The molecular weight excluding hydrogens is 221 g/mol. The predicted molar refractivity (Wildman–Crippen MR) is 62.3 cm³/mol. The largest absolute Gasteiger partial charge is 0.360 e. The summed E-state index contributed by atoms with van der Waals surface area (Å²) in [5.74, 6) is -0.760. The van der Waals surface area contributed by atoms with Crippen LogP contribution >= 0.6 is 0 Å². The highest BCUT2D eigenvalue weighted by Crippen LogP contribution is 2.02. The molecule has 0 saturated heterocycles. The van der Waals surface area contributed by atoms with Gasteiger partial charge in [0.2, 0.25) is 0 Å². The highest BCUT2D eigenvalue weighted by atomic mass is 19.1. The first-order valence-electron chi connectivity index (χ1n) is 4.98. The van der Waals surface area contributed by atoms with Crippen molar-refractivity contribution in [3.8, 4) is 0 Å². The van der Waals surface area contributed by atoms with Gasteiger partial charge in [-0.05, 0) is 36.4 Å². The average Bonchev–Trinajstić information content (AvgIpc) is 2.83. The number of aromatic nitrogens is 1. The minimum atomic E-state index is -0.382. The molecule has 1 aromatic heterocycles. The van der Waals surface area contributed by atoms with Crippen LogP contribution in [0.1, 0.15) is 16.1 Å². The highest BCUT2D eigenvalue weighted by molar-refractivity contribution is 5.94. The van der Waals surface area contributed by atoms with Gasteiger partial charge in [-0.15, -0.1) is 0 Å². The minimum absolute atomic E-state index is 0.357. The number of H-pyrrole nitrogens is 1. The number of rotatable bonds is 3. The Morgan fingerprint density at radius 3 is 2.71 bits per heavy atom. The number of hydrazone groups is 1. The lowest BCUT2D eigenvalue weighted by atomic mass is 10.2. The van der Waals surface area contributed by atoms with Crippen molar-refractivity contribution in [3.05, 3.63) is 59.7 Å². The number of aromatic amines is 1. The lowest BCUT2D eigenvalue weighted by Gasteiger charge is -1.98. The van der Waals surface area contributed by atoms with E-state index in [0.29, 0.717) is 5.56 Å². The van der Waals surface area contributed by atoms with E-state index in [-0.39, 0.29) is 11.7 Å². The molecule has 86 valence electrons. The van der Waals surface area contributed by atoms with Crippen LogP contribution in [0.15, 0.2) is 47.7 Å². The summed E-state index contributed by atoms with van der Waals surface area (Å²) in [6.07, 6.45) is 3.24. The lowest BCUT2D eigenvalue weighted by molar-refractivity contribution is 0.0955. The molecule has 4 nitrogen and oxygen atoms in total. The van der Waals surface area contributed by atoms with Gasteiger partial charge in [-0.3, -0.25) is 4.79 Å². The summed E-state index contributed by atoms with van der Waals surface area (Å²) in [6.45, 7) is 0. The van der Waals surface area contributed by atoms with Crippen molar-refractivity contribution >= 4 is 12.1 Å². The topological polar surface area (TPSA) is 57.2 Å². The molecule has 0 aliphatic carbocycles. The second-order valence-corrected chi connectivity index (χ2v) is 3.33. The second-order valence-electron chi connectivity index (χ2n) is 3.33. The lowest BCUT2D eigenvalue weighted by Crippen LogP contribution is -2.17. The zero-order chi connectivity index (χ0) is 12.1. The molecule has 2 aromatic rings. The van der Waals surface area contributed by atoms with Gasteiger partial charge in [-0.1, -0.05) is 0 Å². The third-order valence-electron chi connectivity index (χ3n) is 2.10. The van der Waals surface area contributed by atoms with E-state index in [2.05, 4.69) is 15.5 Å². The molecule has 2 N–H and O–H groups in total. The van der Waals surface area contributed by atoms with Gasteiger partial charge in [0.25, 0.3) is 5.91 Å². The summed E-state index contributed by atoms with van der Waals surface area (Å²) in [5.41, 5.74) is 3.48. The van der Waals surface area contributed by atoms with E-state index >= 15 is 0 Å². The van der Waals surface area contributed by atoms with Crippen molar-refractivity contribution in [1.29, 1.82) is 0 Å². The standard InChI is InChI=1S/C12H10FN3O/c13-10-5-3-9(4-6-10)12(17)16-15-8-11-2-1-7-14-11/h1-8,14H,(H,16,17). The second kappa shape index (κ2) is 5.07. The Hall–Kier alpha value is -2.43. The van der Waals surface area contributed by atoms with Gasteiger partial charge in [0.1, 0.15) is 5.82 Å². The van der Waals surface area contributed by atoms with Crippen molar-refractivity contribution in [2.75, 3.05) is 0 Å². The number of carbonyl (C=O) groups excluding carboxylic acids is 1. The van der Waals surface area contributed by atoms with Crippen LogP contribution in [0, 0.1) is 5.82 Å². The number of hydrogen-bond acceptors (Lipinski definition) is 2. The molecule has 0 aliphatic heterocycles. The van der Waals surface area contributed by atoms with E-state index < -0.39 is 0 Å². The van der Waals surface area contributed by atoms with Gasteiger partial charge in [0.15, 0.2) is 0 Å². The molecule has 0 aliphatic rings. The van der Waals surface area contributed by atoms with E-state index in [0.717, 1.165) is 5.69 Å². The molecule has 0 atom stereocenters. The molecule has 17 heavy (non-hydrogen) atoms. The molecule has 0 radical (unpaired) electrons. The number of amides is 1. The Balaban J connectivity index is 1.96. The first-order chi connectivity index (χ1) is 8.25. The van der Waals surface area contributed by atoms with Crippen LogP contribution < -0.4 is 5.43 Å². The Morgan fingerprint density at radius 2 is 2.06 bits per heavy atom. The number of nitrogens with one attached hydrogen (secondary N) is 2. The number of nitrogens with zero attached hydrogens (tertiary/aromatic N) is 1. The molecule has 0 spiro atoms. The van der Waals surface area contributed by atoms with Gasteiger partial charge in [0, 0.05) is 11.8 Å². The monoisotopic (exact) mass is 231 g/mol. The third-order valence-corrected chi connectivity index (χ3v) is 2.10. The molecule has 5 heteroatoms. The molecule has 0 bridgehead atoms. The zero-order valence-electron chi connectivity index (χ0n) is 8.85. The Morgan fingerprint density at radius 1 is 1.29 bits per heavy atom. The number of halogens is 1. The zero-order valence-corrected chi connectivity index (χ0v) is 8.85. The molecule has 0 saturated carbocycles. The normalized spacial score (nSPS) is 10.6. The molecule has 1 amide bonds. The summed E-state index contributed by atoms with van der Waals surface area (Å²) >= 11 is 0. The molecule has 0 unspecified atom stereocenters. The molecule has 1 aromatic carbocycles. The number of hydrogen-bond donors (Lipinski definition) is 2. The van der Waals surface area contributed by atoms with Crippen molar-refractivity contribution < 1.29 is 9.18 Å². The third kappa shape index (κ3) is 3.01. The smallest absolute Gasteiger partial charge is 0.271 e. The molecule has 0 fully saturated rings. The average molecular weight is 231 g/mol. The van der Waals surface area contributed by atoms with E-state index in [1.54, 1.807) is 6.20 Å². The van der Waals surface area contributed by atoms with Crippen LogP contribution in [0.5, 0.6) is 0 Å². The van der Waals surface area contributed by atoms with Crippen LogP contribution in [0.2, 0.25) is 0 Å². The van der Waals surface area contributed by atoms with E-state index in [9.17, 15) is 9.18 Å². The molecule has 2 rings (SSSR count). The Kier molecular flexibility index (Phi) is 3.30. The quantitative estimate of drug-likeness (QED) is 0.615. The van der Waals surface area contributed by atoms with Gasteiger partial charge >= 0.3 is 0 Å². The van der Waals surface area contributed by atoms with Crippen molar-refractivity contribution in [3.63, 3.8) is 0 Å². The summed E-state index contributed by atoms with van der Waals surface area (Å²) in [4.78, 5) is 14.4.